The maximum absolute atomic E-state index is 14.6. The summed E-state index contributed by atoms with van der Waals surface area (Å²) in [7, 11) is -5.30. The summed E-state index contributed by atoms with van der Waals surface area (Å²) in [5.74, 6) is -0.901. The molecular weight excluding hydrogens is 375 g/mol. The average molecular weight is 398 g/mol. The lowest BCUT2D eigenvalue weighted by Gasteiger charge is -2.27. The molecule has 0 heterocycles. The molecular formula is C16H23ClF2NO4P. The van der Waals surface area contributed by atoms with Crippen molar-refractivity contribution in [2.24, 2.45) is 0 Å². The molecule has 0 saturated heterocycles. The molecule has 0 spiro atoms. The zero-order valence-electron chi connectivity index (χ0n) is 14.8. The van der Waals surface area contributed by atoms with Crippen LogP contribution in [0.1, 0.15) is 45.7 Å². The molecule has 0 saturated carbocycles. The number of halogens is 3. The van der Waals surface area contributed by atoms with Gasteiger partial charge in [0.2, 0.25) is 0 Å². The van der Waals surface area contributed by atoms with Gasteiger partial charge in [0.1, 0.15) is 6.04 Å². The zero-order chi connectivity index (χ0) is 19.6. The van der Waals surface area contributed by atoms with Gasteiger partial charge >= 0.3 is 19.2 Å². The van der Waals surface area contributed by atoms with Gasteiger partial charge in [-0.1, -0.05) is 44.5 Å². The fourth-order valence-corrected chi connectivity index (χ4v) is 3.73. The standard InChI is InChI=1S/C16H23ClF2NO4P/c1-6-24-14(21)10(2)20-25(22,23)16(18,19)12-8-7-11(9-13(12)17)15(3,4)5/h7-10H,6H2,1-5H3,(H2,20,22,23)/t10-/m1/s1. The summed E-state index contributed by atoms with van der Waals surface area (Å²) in [6.07, 6.45) is 0. The van der Waals surface area contributed by atoms with Crippen LogP contribution in [0.25, 0.3) is 0 Å². The Morgan fingerprint density at radius 1 is 1.40 bits per heavy atom. The molecule has 0 amide bonds. The third-order valence-corrected chi connectivity index (χ3v) is 5.60. The topological polar surface area (TPSA) is 75.6 Å². The van der Waals surface area contributed by atoms with E-state index in [1.807, 2.05) is 20.8 Å². The summed E-state index contributed by atoms with van der Waals surface area (Å²) >= 11 is 5.94. The fraction of sp³-hybridized carbons (Fsp3) is 0.562. The molecule has 0 aliphatic carbocycles. The van der Waals surface area contributed by atoms with Gasteiger partial charge in [0.05, 0.1) is 17.2 Å². The first kappa shape index (κ1) is 22.0. The molecule has 0 fully saturated rings. The molecule has 0 aromatic heterocycles. The maximum atomic E-state index is 14.6. The summed E-state index contributed by atoms with van der Waals surface area (Å²) in [6, 6.07) is 2.43. The lowest BCUT2D eigenvalue weighted by Crippen LogP contribution is -2.37. The van der Waals surface area contributed by atoms with Crippen molar-refractivity contribution in [1.29, 1.82) is 0 Å². The van der Waals surface area contributed by atoms with Crippen LogP contribution in [0.15, 0.2) is 18.2 Å². The van der Waals surface area contributed by atoms with Crippen LogP contribution in [-0.4, -0.2) is 23.5 Å². The Morgan fingerprint density at radius 2 is 1.96 bits per heavy atom. The Labute approximate surface area is 151 Å². The van der Waals surface area contributed by atoms with E-state index in [-0.39, 0.29) is 17.0 Å². The molecule has 5 nitrogen and oxygen atoms in total. The van der Waals surface area contributed by atoms with Crippen molar-refractivity contribution >= 4 is 25.1 Å². The van der Waals surface area contributed by atoms with E-state index in [4.69, 9.17) is 11.6 Å². The highest BCUT2D eigenvalue weighted by Gasteiger charge is 2.53. The lowest BCUT2D eigenvalue weighted by atomic mass is 9.86. The second kappa shape index (κ2) is 7.70. The number of carbonyl (C=O) groups excluding carboxylic acids is 1. The third-order valence-electron chi connectivity index (χ3n) is 3.55. The molecule has 2 atom stereocenters. The molecule has 1 unspecified atom stereocenters. The number of alkyl halides is 2. The minimum Gasteiger partial charge on any atom is -0.465 e. The smallest absolute Gasteiger partial charge is 0.361 e. The van der Waals surface area contributed by atoms with Crippen molar-refractivity contribution in [3.8, 4) is 0 Å². The summed E-state index contributed by atoms with van der Waals surface area (Å²) in [5, 5.41) is 1.46. The Morgan fingerprint density at radius 3 is 2.40 bits per heavy atom. The van der Waals surface area contributed by atoms with Crippen molar-refractivity contribution in [2.75, 3.05) is 6.61 Å². The average Bonchev–Trinajstić information content (AvgIpc) is 2.45. The van der Waals surface area contributed by atoms with Gasteiger partial charge in [-0.25, -0.2) is 5.09 Å². The highest BCUT2D eigenvalue weighted by Crippen LogP contribution is 2.61. The van der Waals surface area contributed by atoms with Gasteiger partial charge in [0.15, 0.2) is 0 Å². The first-order chi connectivity index (χ1) is 11.2. The van der Waals surface area contributed by atoms with E-state index in [1.54, 1.807) is 5.09 Å². The Hall–Kier alpha value is -1.01. The molecule has 9 heteroatoms. The summed E-state index contributed by atoms with van der Waals surface area (Å²) in [4.78, 5) is 21.4. The molecule has 0 bridgehead atoms. The zero-order valence-corrected chi connectivity index (χ0v) is 16.4. The van der Waals surface area contributed by atoms with E-state index in [9.17, 15) is 23.0 Å². The van der Waals surface area contributed by atoms with Gasteiger partial charge in [-0.15, -0.1) is 0 Å². The number of carbonyl (C=O) groups is 1. The number of hydrogen-bond donors (Lipinski definition) is 2. The van der Waals surface area contributed by atoms with Crippen LogP contribution < -0.4 is 5.09 Å². The van der Waals surface area contributed by atoms with Crippen LogP contribution in [-0.2, 0) is 25.2 Å². The van der Waals surface area contributed by atoms with Gasteiger partial charge < -0.3 is 9.63 Å². The quantitative estimate of drug-likeness (QED) is 0.549. The molecule has 1 aromatic carbocycles. The minimum atomic E-state index is -5.30. The van der Waals surface area contributed by atoms with Crippen LogP contribution >= 0.6 is 19.1 Å². The van der Waals surface area contributed by atoms with Crippen molar-refractivity contribution in [3.63, 3.8) is 0 Å². The number of esters is 1. The molecule has 0 aliphatic heterocycles. The predicted molar refractivity (Wildman–Crippen MR) is 93.1 cm³/mol. The van der Waals surface area contributed by atoms with Crippen LogP contribution in [0.3, 0.4) is 0 Å². The Kier molecular flexibility index (Phi) is 6.79. The summed E-state index contributed by atoms with van der Waals surface area (Å²) < 4.78 is 46.1. The lowest BCUT2D eigenvalue weighted by molar-refractivity contribution is -0.144. The van der Waals surface area contributed by atoms with Crippen LogP contribution in [0.5, 0.6) is 0 Å². The normalized spacial score (nSPS) is 16.2. The van der Waals surface area contributed by atoms with E-state index >= 15 is 0 Å². The molecule has 1 rings (SSSR count). The van der Waals surface area contributed by atoms with E-state index in [0.717, 1.165) is 6.07 Å². The fourth-order valence-electron chi connectivity index (χ4n) is 2.05. The van der Waals surface area contributed by atoms with Crippen molar-refractivity contribution in [3.05, 3.63) is 34.3 Å². The van der Waals surface area contributed by atoms with Gasteiger partial charge in [-0.3, -0.25) is 9.36 Å². The molecule has 2 N–H and O–H groups in total. The van der Waals surface area contributed by atoms with Crippen LogP contribution in [0, 0.1) is 0 Å². The Bertz CT molecular complexity index is 691. The van der Waals surface area contributed by atoms with Crippen molar-refractivity contribution < 1.29 is 27.8 Å². The van der Waals surface area contributed by atoms with E-state index in [0.29, 0.717) is 5.56 Å². The first-order valence-corrected chi connectivity index (χ1v) is 9.73. The van der Waals surface area contributed by atoms with Crippen molar-refractivity contribution in [2.45, 2.75) is 51.7 Å². The first-order valence-electron chi connectivity index (χ1n) is 7.69. The largest absolute Gasteiger partial charge is 0.465 e. The van der Waals surface area contributed by atoms with Gasteiger partial charge in [0, 0.05) is 0 Å². The number of benzene rings is 1. The number of nitrogens with one attached hydrogen (secondary N) is 1. The van der Waals surface area contributed by atoms with E-state index in [2.05, 4.69) is 4.74 Å². The summed E-state index contributed by atoms with van der Waals surface area (Å²) in [5.41, 5.74) is -4.58. The van der Waals surface area contributed by atoms with E-state index < -0.39 is 30.8 Å². The van der Waals surface area contributed by atoms with Gasteiger partial charge in [-0.2, -0.15) is 8.78 Å². The third kappa shape index (κ3) is 5.00. The number of hydrogen-bond acceptors (Lipinski definition) is 3. The van der Waals surface area contributed by atoms with Crippen LogP contribution in [0.2, 0.25) is 5.02 Å². The minimum absolute atomic E-state index is 0.0249. The SMILES string of the molecule is CCOC(=O)[C@@H](C)NP(=O)(O)C(F)(F)c1ccc(C(C)(C)C)cc1Cl. The molecule has 25 heavy (non-hydrogen) atoms. The van der Waals surface area contributed by atoms with Crippen molar-refractivity contribution in [1.82, 2.24) is 5.09 Å². The highest BCUT2D eigenvalue weighted by molar-refractivity contribution is 7.56. The second-order valence-electron chi connectivity index (χ2n) is 6.66. The van der Waals surface area contributed by atoms with E-state index in [1.165, 1.54) is 26.0 Å². The second-order valence-corrected chi connectivity index (χ2v) is 9.04. The molecule has 0 radical (unpaired) electrons. The number of ether oxygens (including phenoxy) is 1. The van der Waals surface area contributed by atoms with Gasteiger partial charge in [0.25, 0.3) is 0 Å². The van der Waals surface area contributed by atoms with Gasteiger partial charge in [-0.05, 0) is 30.9 Å². The Balaban J connectivity index is 3.18. The molecule has 0 aliphatic rings. The monoisotopic (exact) mass is 397 g/mol. The number of rotatable bonds is 6. The summed E-state index contributed by atoms with van der Waals surface area (Å²) in [6.45, 7) is 8.38. The molecule has 1 aromatic rings. The van der Waals surface area contributed by atoms with Crippen LogP contribution in [0.4, 0.5) is 8.78 Å². The maximum Gasteiger partial charge on any atom is 0.361 e. The molecule has 142 valence electrons. The highest BCUT2D eigenvalue weighted by atomic mass is 35.5. The predicted octanol–water partition coefficient (Wildman–Crippen LogP) is 4.41.